The molecule has 0 amide bonds. The zero-order valence-corrected chi connectivity index (χ0v) is 10.7. The molecule has 1 rings (SSSR count). The molecule has 0 bridgehead atoms. The van der Waals surface area contributed by atoms with Crippen LogP contribution in [0.25, 0.3) is 0 Å². The molecule has 7 heteroatoms. The summed E-state index contributed by atoms with van der Waals surface area (Å²) < 4.78 is 33.6. The van der Waals surface area contributed by atoms with Gasteiger partial charge in [-0.2, -0.15) is 14.0 Å². The van der Waals surface area contributed by atoms with Crippen molar-refractivity contribution in [3.05, 3.63) is 28.8 Å². The quantitative estimate of drug-likeness (QED) is 0.806. The van der Waals surface area contributed by atoms with Gasteiger partial charge in [0.1, 0.15) is 5.75 Å². The molecule has 0 fully saturated rings. The summed E-state index contributed by atoms with van der Waals surface area (Å²) in [6.45, 7) is -1.89. The van der Waals surface area contributed by atoms with E-state index in [0.717, 1.165) is 6.07 Å². The number of carbonyl (C=O) groups excluding carboxylic acids is 1. The summed E-state index contributed by atoms with van der Waals surface area (Å²) in [5.41, 5.74) is 0.315. The van der Waals surface area contributed by atoms with Crippen molar-refractivity contribution in [1.29, 1.82) is 5.26 Å². The second-order valence-electron chi connectivity index (χ2n) is 3.74. The Morgan fingerprint density at radius 3 is 2.70 bits per heavy atom. The molecule has 0 saturated carbocycles. The van der Waals surface area contributed by atoms with Gasteiger partial charge in [0.05, 0.1) is 31.3 Å². The van der Waals surface area contributed by atoms with E-state index in [2.05, 4.69) is 4.74 Å². The maximum Gasteiger partial charge on any atom is 0.387 e. The van der Waals surface area contributed by atoms with Crippen LogP contribution in [0.2, 0.25) is 0 Å². The van der Waals surface area contributed by atoms with Gasteiger partial charge in [0.2, 0.25) is 0 Å². The lowest BCUT2D eigenvalue weighted by molar-refractivity contribution is -0.142. The second-order valence-corrected chi connectivity index (χ2v) is 3.74. The molecule has 0 aliphatic carbocycles. The third-order valence-electron chi connectivity index (χ3n) is 2.44. The molecule has 0 aliphatic heterocycles. The van der Waals surface area contributed by atoms with Crippen LogP contribution in [0.15, 0.2) is 12.1 Å². The Morgan fingerprint density at radius 1 is 1.50 bits per heavy atom. The average molecular weight is 285 g/mol. The molecular formula is C13H13F2NO4. The van der Waals surface area contributed by atoms with Crippen molar-refractivity contribution in [2.45, 2.75) is 26.6 Å². The standard InChI is InChI=1S/C13H13F2NO4/c1-2-19-12(18)5-9-3-8(6-16)4-11(10(9)7-17)20-13(14)15/h3-4,13,17H,2,5,7H2,1H3. The van der Waals surface area contributed by atoms with Crippen LogP contribution in [0.1, 0.15) is 23.6 Å². The third-order valence-corrected chi connectivity index (χ3v) is 2.44. The molecule has 1 N–H and O–H groups in total. The molecule has 0 atom stereocenters. The molecule has 0 heterocycles. The van der Waals surface area contributed by atoms with Crippen molar-refractivity contribution in [2.75, 3.05) is 6.61 Å². The number of benzene rings is 1. The number of aliphatic hydroxyl groups excluding tert-OH is 1. The molecule has 20 heavy (non-hydrogen) atoms. The number of carbonyl (C=O) groups is 1. The fraction of sp³-hybridized carbons (Fsp3) is 0.385. The lowest BCUT2D eigenvalue weighted by Crippen LogP contribution is -2.12. The van der Waals surface area contributed by atoms with Gasteiger partial charge in [0, 0.05) is 5.56 Å². The summed E-state index contributed by atoms with van der Waals surface area (Å²) in [5, 5.41) is 18.1. The summed E-state index contributed by atoms with van der Waals surface area (Å²) >= 11 is 0. The van der Waals surface area contributed by atoms with E-state index in [0.29, 0.717) is 0 Å². The lowest BCUT2D eigenvalue weighted by Gasteiger charge is -2.14. The summed E-state index contributed by atoms with van der Waals surface area (Å²) in [4.78, 5) is 11.4. The highest BCUT2D eigenvalue weighted by Gasteiger charge is 2.17. The van der Waals surface area contributed by atoms with Crippen LogP contribution in [-0.2, 0) is 22.6 Å². The maximum absolute atomic E-state index is 12.3. The first-order valence-corrected chi connectivity index (χ1v) is 5.79. The number of nitriles is 1. The lowest BCUT2D eigenvalue weighted by atomic mass is 10.0. The van der Waals surface area contributed by atoms with E-state index in [4.69, 9.17) is 10.00 Å². The zero-order chi connectivity index (χ0) is 15.1. The molecule has 0 radical (unpaired) electrons. The Bertz CT molecular complexity index is 526. The smallest absolute Gasteiger partial charge is 0.387 e. The number of alkyl halides is 2. The van der Waals surface area contributed by atoms with Crippen molar-refractivity contribution < 1.29 is 28.2 Å². The third kappa shape index (κ3) is 4.17. The first kappa shape index (κ1) is 15.9. The Hall–Kier alpha value is -2.20. The number of nitrogens with zero attached hydrogens (tertiary/aromatic N) is 1. The first-order valence-electron chi connectivity index (χ1n) is 5.79. The number of rotatable bonds is 6. The number of halogens is 2. The highest BCUT2D eigenvalue weighted by atomic mass is 19.3. The minimum absolute atomic E-state index is 0.0392. The van der Waals surface area contributed by atoms with Gasteiger partial charge in [-0.25, -0.2) is 0 Å². The summed E-state index contributed by atoms with van der Waals surface area (Å²) in [7, 11) is 0. The number of hydrogen-bond acceptors (Lipinski definition) is 5. The van der Waals surface area contributed by atoms with Crippen LogP contribution in [0.4, 0.5) is 8.78 Å². The molecule has 0 aromatic heterocycles. The van der Waals surface area contributed by atoms with Crippen LogP contribution in [-0.4, -0.2) is 24.3 Å². The van der Waals surface area contributed by atoms with Gasteiger partial charge in [-0.15, -0.1) is 0 Å². The maximum atomic E-state index is 12.3. The van der Waals surface area contributed by atoms with Crippen LogP contribution in [0.5, 0.6) is 5.75 Å². The van der Waals surface area contributed by atoms with Gasteiger partial charge in [0.15, 0.2) is 0 Å². The first-order chi connectivity index (χ1) is 9.51. The zero-order valence-electron chi connectivity index (χ0n) is 10.7. The second kappa shape index (κ2) is 7.40. The summed E-state index contributed by atoms with van der Waals surface area (Å²) in [6, 6.07) is 4.20. The predicted octanol–water partition coefficient (Wildman–Crippen LogP) is 1.76. The molecule has 5 nitrogen and oxygen atoms in total. The van der Waals surface area contributed by atoms with Crippen molar-refractivity contribution >= 4 is 5.97 Å². The predicted molar refractivity (Wildman–Crippen MR) is 64.0 cm³/mol. The van der Waals surface area contributed by atoms with Gasteiger partial charge in [0.25, 0.3) is 0 Å². The van der Waals surface area contributed by atoms with Crippen molar-refractivity contribution in [3.8, 4) is 11.8 Å². The molecule has 108 valence electrons. The SMILES string of the molecule is CCOC(=O)Cc1cc(C#N)cc(OC(F)F)c1CO. The van der Waals surface area contributed by atoms with Crippen LogP contribution in [0.3, 0.4) is 0 Å². The van der Waals surface area contributed by atoms with Gasteiger partial charge >= 0.3 is 12.6 Å². The highest BCUT2D eigenvalue weighted by molar-refractivity contribution is 5.73. The Labute approximate surface area is 114 Å². The molecule has 0 unspecified atom stereocenters. The van der Waals surface area contributed by atoms with E-state index >= 15 is 0 Å². The fourth-order valence-corrected chi connectivity index (χ4v) is 1.67. The molecule has 0 saturated heterocycles. The highest BCUT2D eigenvalue weighted by Crippen LogP contribution is 2.27. The topological polar surface area (TPSA) is 79.6 Å². The monoisotopic (exact) mass is 285 g/mol. The fourth-order valence-electron chi connectivity index (χ4n) is 1.67. The number of ether oxygens (including phenoxy) is 2. The minimum Gasteiger partial charge on any atom is -0.466 e. The van der Waals surface area contributed by atoms with E-state index in [1.165, 1.54) is 6.07 Å². The van der Waals surface area contributed by atoms with Gasteiger partial charge < -0.3 is 14.6 Å². The van der Waals surface area contributed by atoms with Gasteiger partial charge in [-0.05, 0) is 24.6 Å². The summed E-state index contributed by atoms with van der Waals surface area (Å²) in [6.07, 6.45) is -0.237. The van der Waals surface area contributed by atoms with Gasteiger partial charge in [-0.1, -0.05) is 0 Å². The molecule has 0 aliphatic rings. The number of aliphatic hydroxyl groups is 1. The van der Waals surface area contributed by atoms with Gasteiger partial charge in [-0.3, -0.25) is 4.79 Å². The normalized spacial score (nSPS) is 10.2. The Morgan fingerprint density at radius 2 is 2.20 bits per heavy atom. The van der Waals surface area contributed by atoms with Crippen molar-refractivity contribution in [1.82, 2.24) is 0 Å². The van der Waals surface area contributed by atoms with E-state index in [9.17, 15) is 18.7 Å². The van der Waals surface area contributed by atoms with E-state index in [-0.39, 0.29) is 35.5 Å². The molecular weight excluding hydrogens is 272 g/mol. The molecule has 1 aromatic rings. The van der Waals surface area contributed by atoms with Crippen LogP contribution in [0, 0.1) is 11.3 Å². The van der Waals surface area contributed by atoms with E-state index < -0.39 is 19.2 Å². The van der Waals surface area contributed by atoms with Crippen molar-refractivity contribution in [3.63, 3.8) is 0 Å². The van der Waals surface area contributed by atoms with E-state index in [1.54, 1.807) is 13.0 Å². The number of hydrogen-bond donors (Lipinski definition) is 1. The number of esters is 1. The Kier molecular flexibility index (Phi) is 5.87. The molecule has 0 spiro atoms. The Balaban J connectivity index is 3.19. The molecule has 1 aromatic carbocycles. The summed E-state index contributed by atoms with van der Waals surface area (Å²) in [5.74, 6) is -0.902. The van der Waals surface area contributed by atoms with Crippen molar-refractivity contribution in [2.24, 2.45) is 0 Å². The minimum atomic E-state index is -3.09. The largest absolute Gasteiger partial charge is 0.466 e. The van der Waals surface area contributed by atoms with Crippen LogP contribution >= 0.6 is 0 Å². The van der Waals surface area contributed by atoms with Crippen LogP contribution < -0.4 is 4.74 Å². The average Bonchev–Trinajstić information content (AvgIpc) is 2.37. The van der Waals surface area contributed by atoms with E-state index in [1.807, 2.05) is 0 Å².